The van der Waals surface area contributed by atoms with E-state index in [0.717, 1.165) is 11.3 Å². The number of rotatable bonds is 5. The van der Waals surface area contributed by atoms with Gasteiger partial charge in [-0.3, -0.25) is 14.5 Å². The van der Waals surface area contributed by atoms with E-state index in [2.05, 4.69) is 20.9 Å². The molecule has 3 aromatic carbocycles. The Balaban J connectivity index is 1.71. The Hall–Kier alpha value is -3.76. The number of aliphatic hydroxyl groups excluding tert-OH is 1. The van der Waals surface area contributed by atoms with Crippen molar-refractivity contribution < 1.29 is 28.6 Å². The summed E-state index contributed by atoms with van der Waals surface area (Å²) in [6, 6.07) is 14.8. The number of fused-ring (bicyclic) bond motifs is 1. The molecule has 5 rings (SSSR count). The SMILES string of the molecule is COc1ccc(C2/C(=C(\O)c3ccc(OC)c(Br)c3)C(=O)C(=O)N2c2nc3ccc(F)cc3s2)cc1. The highest BCUT2D eigenvalue weighted by Gasteiger charge is 2.48. The van der Waals surface area contributed by atoms with E-state index >= 15 is 0 Å². The minimum atomic E-state index is -0.970. The summed E-state index contributed by atoms with van der Waals surface area (Å²) in [5, 5.41) is 11.5. The molecule has 0 spiro atoms. The lowest BCUT2D eigenvalue weighted by Gasteiger charge is -2.23. The Labute approximate surface area is 217 Å². The second-order valence-corrected chi connectivity index (χ2v) is 9.76. The van der Waals surface area contributed by atoms with Crippen molar-refractivity contribution in [2.75, 3.05) is 19.1 Å². The third kappa shape index (κ3) is 4.02. The molecule has 2 heterocycles. The Morgan fingerprint density at radius 2 is 1.81 bits per heavy atom. The Kier molecular flexibility index (Phi) is 6.23. The highest BCUT2D eigenvalue weighted by Crippen LogP contribution is 2.45. The van der Waals surface area contributed by atoms with Crippen LogP contribution in [-0.4, -0.2) is 36.0 Å². The first-order chi connectivity index (χ1) is 17.3. The molecule has 0 bridgehead atoms. The van der Waals surface area contributed by atoms with Crippen molar-refractivity contribution in [1.82, 2.24) is 4.98 Å². The first-order valence-corrected chi connectivity index (χ1v) is 12.3. The number of halogens is 2. The number of anilines is 1. The number of thiazole rings is 1. The van der Waals surface area contributed by atoms with Gasteiger partial charge in [0.05, 0.1) is 40.5 Å². The smallest absolute Gasteiger partial charge is 0.301 e. The van der Waals surface area contributed by atoms with Crippen LogP contribution in [0.1, 0.15) is 17.2 Å². The summed E-state index contributed by atoms with van der Waals surface area (Å²) in [6.07, 6.45) is 0. The third-order valence-corrected chi connectivity index (χ3v) is 7.48. The molecule has 7 nitrogen and oxygen atoms in total. The zero-order chi connectivity index (χ0) is 25.6. The average molecular weight is 569 g/mol. The van der Waals surface area contributed by atoms with Gasteiger partial charge in [-0.25, -0.2) is 9.37 Å². The van der Waals surface area contributed by atoms with Crippen LogP contribution in [-0.2, 0) is 9.59 Å². The largest absolute Gasteiger partial charge is 0.507 e. The number of methoxy groups -OCH3 is 2. The molecule has 4 aromatic rings. The molecule has 36 heavy (non-hydrogen) atoms. The fourth-order valence-electron chi connectivity index (χ4n) is 4.09. The molecule has 182 valence electrons. The summed E-state index contributed by atoms with van der Waals surface area (Å²) >= 11 is 4.47. The van der Waals surface area contributed by atoms with E-state index in [0.29, 0.717) is 37.3 Å². The minimum Gasteiger partial charge on any atom is -0.507 e. The molecule has 1 saturated heterocycles. The number of benzene rings is 3. The van der Waals surface area contributed by atoms with Crippen LogP contribution in [0.3, 0.4) is 0 Å². The molecule has 1 aliphatic heterocycles. The van der Waals surface area contributed by atoms with Gasteiger partial charge in [-0.2, -0.15) is 0 Å². The van der Waals surface area contributed by atoms with E-state index in [1.165, 1.54) is 37.3 Å². The van der Waals surface area contributed by atoms with Crippen molar-refractivity contribution in [3.8, 4) is 11.5 Å². The molecule has 0 radical (unpaired) electrons. The third-order valence-electron chi connectivity index (χ3n) is 5.85. The summed E-state index contributed by atoms with van der Waals surface area (Å²) in [7, 11) is 3.04. The molecular formula is C26H18BrFN2O5S. The maximum absolute atomic E-state index is 13.8. The van der Waals surface area contributed by atoms with Gasteiger partial charge in [-0.15, -0.1) is 0 Å². The summed E-state index contributed by atoms with van der Waals surface area (Å²) in [4.78, 5) is 32.4. The van der Waals surface area contributed by atoms with Gasteiger partial charge in [0.25, 0.3) is 5.78 Å². The number of Topliss-reactive ketones (excluding diaryl/α,β-unsaturated/α-hetero) is 1. The van der Waals surface area contributed by atoms with Crippen molar-refractivity contribution in [3.05, 3.63) is 87.7 Å². The number of hydrogen-bond acceptors (Lipinski definition) is 7. The van der Waals surface area contributed by atoms with Crippen molar-refractivity contribution >= 4 is 60.1 Å². The van der Waals surface area contributed by atoms with Crippen LogP contribution in [0, 0.1) is 5.82 Å². The van der Waals surface area contributed by atoms with Crippen molar-refractivity contribution in [2.45, 2.75) is 6.04 Å². The number of hydrogen-bond donors (Lipinski definition) is 1. The minimum absolute atomic E-state index is 0.0901. The van der Waals surface area contributed by atoms with Crippen LogP contribution in [0.5, 0.6) is 11.5 Å². The maximum Gasteiger partial charge on any atom is 0.301 e. The molecule has 1 aromatic heterocycles. The van der Waals surface area contributed by atoms with E-state index in [1.54, 1.807) is 42.5 Å². The molecular weight excluding hydrogens is 551 g/mol. The average Bonchev–Trinajstić information content (AvgIpc) is 3.41. The number of ketones is 1. The standard InChI is InChI=1S/C26H18BrFN2O5S/c1-34-16-7-3-13(4-8-16)22-21(23(31)14-5-10-19(35-2)17(27)11-14)24(32)25(33)30(22)26-29-18-9-6-15(28)12-20(18)36-26/h3-12,22,31H,1-2H3/b23-21+. The number of aromatic nitrogens is 1. The zero-order valence-electron chi connectivity index (χ0n) is 19.0. The van der Waals surface area contributed by atoms with E-state index in [4.69, 9.17) is 9.47 Å². The number of aliphatic hydroxyl groups is 1. The van der Waals surface area contributed by atoms with Gasteiger partial charge in [0.15, 0.2) is 5.13 Å². The maximum atomic E-state index is 13.8. The molecule has 1 aliphatic rings. The number of ether oxygens (including phenoxy) is 2. The van der Waals surface area contributed by atoms with Crippen molar-refractivity contribution in [3.63, 3.8) is 0 Å². The monoisotopic (exact) mass is 568 g/mol. The van der Waals surface area contributed by atoms with Gasteiger partial charge in [0.1, 0.15) is 23.1 Å². The normalized spacial score (nSPS) is 17.1. The van der Waals surface area contributed by atoms with E-state index in [9.17, 15) is 19.1 Å². The van der Waals surface area contributed by atoms with E-state index < -0.39 is 23.5 Å². The predicted molar refractivity (Wildman–Crippen MR) is 138 cm³/mol. The Morgan fingerprint density at radius 3 is 2.47 bits per heavy atom. The lowest BCUT2D eigenvalue weighted by molar-refractivity contribution is -0.132. The highest BCUT2D eigenvalue weighted by molar-refractivity contribution is 9.10. The van der Waals surface area contributed by atoms with E-state index in [1.807, 2.05) is 0 Å². The summed E-state index contributed by atoms with van der Waals surface area (Å²) in [5.74, 6) is -1.34. The Bertz CT molecular complexity index is 1550. The van der Waals surface area contributed by atoms with Crippen LogP contribution in [0.4, 0.5) is 9.52 Å². The molecule has 0 aliphatic carbocycles. The topological polar surface area (TPSA) is 89.0 Å². The molecule has 10 heteroatoms. The van der Waals surface area contributed by atoms with Gasteiger partial charge < -0.3 is 14.6 Å². The summed E-state index contributed by atoms with van der Waals surface area (Å²) in [5.41, 5.74) is 1.29. The van der Waals surface area contributed by atoms with Gasteiger partial charge in [-0.1, -0.05) is 23.5 Å². The van der Waals surface area contributed by atoms with Crippen molar-refractivity contribution in [2.24, 2.45) is 0 Å². The molecule has 0 saturated carbocycles. The van der Waals surface area contributed by atoms with Gasteiger partial charge in [-0.05, 0) is 70.0 Å². The van der Waals surface area contributed by atoms with Crippen LogP contribution >= 0.6 is 27.3 Å². The Morgan fingerprint density at radius 1 is 1.06 bits per heavy atom. The molecule has 1 fully saturated rings. The fourth-order valence-corrected chi connectivity index (χ4v) is 5.65. The number of nitrogens with zero attached hydrogens (tertiary/aromatic N) is 2. The molecule has 1 amide bonds. The second-order valence-electron chi connectivity index (χ2n) is 7.90. The van der Waals surface area contributed by atoms with E-state index in [-0.39, 0.29) is 16.5 Å². The summed E-state index contributed by atoms with van der Waals surface area (Å²) < 4.78 is 25.4. The van der Waals surface area contributed by atoms with Crippen LogP contribution in [0.25, 0.3) is 16.0 Å². The lowest BCUT2D eigenvalue weighted by Crippen LogP contribution is -2.29. The first-order valence-electron chi connectivity index (χ1n) is 10.7. The number of carbonyl (C=O) groups is 2. The predicted octanol–water partition coefficient (Wildman–Crippen LogP) is 5.84. The van der Waals surface area contributed by atoms with Crippen LogP contribution in [0.2, 0.25) is 0 Å². The van der Waals surface area contributed by atoms with Gasteiger partial charge >= 0.3 is 5.91 Å². The van der Waals surface area contributed by atoms with Crippen LogP contribution in [0.15, 0.2) is 70.7 Å². The van der Waals surface area contributed by atoms with Gasteiger partial charge in [0, 0.05) is 5.56 Å². The van der Waals surface area contributed by atoms with Crippen molar-refractivity contribution in [1.29, 1.82) is 0 Å². The first kappa shape index (κ1) is 24.0. The molecule has 1 N–H and O–H groups in total. The quantitative estimate of drug-likeness (QED) is 0.185. The second kappa shape index (κ2) is 9.36. The van der Waals surface area contributed by atoms with Gasteiger partial charge in [0.2, 0.25) is 0 Å². The summed E-state index contributed by atoms with van der Waals surface area (Å²) in [6.45, 7) is 0. The molecule has 1 atom stereocenters. The highest BCUT2D eigenvalue weighted by atomic mass is 79.9. The number of amides is 1. The molecule has 1 unspecified atom stereocenters. The number of carbonyl (C=O) groups excluding carboxylic acids is 2. The fraction of sp³-hybridized carbons (Fsp3) is 0.115. The zero-order valence-corrected chi connectivity index (χ0v) is 21.4. The van der Waals surface area contributed by atoms with Crippen LogP contribution < -0.4 is 14.4 Å². The lowest BCUT2D eigenvalue weighted by atomic mass is 9.95.